The molecule has 1 N–H and O–H groups in total. The van der Waals surface area contributed by atoms with Crippen molar-refractivity contribution in [2.24, 2.45) is 0 Å². The average Bonchev–Trinajstić information content (AvgIpc) is 3.27. The van der Waals surface area contributed by atoms with E-state index in [0.717, 1.165) is 0 Å². The molecule has 0 aliphatic carbocycles. The summed E-state index contributed by atoms with van der Waals surface area (Å²) in [6.07, 6.45) is 1.79. The molecule has 1 saturated heterocycles. The van der Waals surface area contributed by atoms with Crippen molar-refractivity contribution < 1.29 is 23.7 Å². The highest BCUT2D eigenvalue weighted by molar-refractivity contribution is 9.11. The van der Waals surface area contributed by atoms with Gasteiger partial charge in [-0.2, -0.15) is 0 Å². The monoisotopic (exact) mass is 544 g/mol. The minimum Gasteiger partial charge on any atom is -0.468 e. The van der Waals surface area contributed by atoms with Gasteiger partial charge in [-0.05, 0) is 35.3 Å². The zero-order valence-electron chi connectivity index (χ0n) is 18.7. The van der Waals surface area contributed by atoms with Gasteiger partial charge in [-0.1, -0.05) is 52.3 Å². The molecular weight excluding hydrogens is 520 g/mol. The second-order valence-corrected chi connectivity index (χ2v) is 8.16. The predicted octanol–water partition coefficient (Wildman–Crippen LogP) is 3.66. The van der Waals surface area contributed by atoms with E-state index >= 15 is 0 Å². The molecule has 1 unspecified atom stereocenters. The first kappa shape index (κ1) is 24.9. The van der Waals surface area contributed by atoms with Gasteiger partial charge in [0.2, 0.25) is 0 Å². The Morgan fingerprint density at radius 2 is 1.66 bits per heavy atom. The molecule has 3 aromatic rings. The highest BCUT2D eigenvalue weighted by Crippen LogP contribution is 2.30. The first-order valence-corrected chi connectivity index (χ1v) is 11.9. The summed E-state index contributed by atoms with van der Waals surface area (Å²) < 4.78 is 30.3. The second-order valence-electron chi connectivity index (χ2n) is 7.63. The summed E-state index contributed by atoms with van der Waals surface area (Å²) in [4.78, 5) is 28.4. The normalized spacial score (nSPS) is 19.7. The van der Waals surface area contributed by atoms with Crippen LogP contribution in [0.4, 0.5) is 0 Å². The maximum Gasteiger partial charge on any atom is 0.330 e. The Labute approximate surface area is 210 Å². The Morgan fingerprint density at radius 3 is 2.31 bits per heavy atom. The number of halogens is 1. The zero-order valence-corrected chi connectivity index (χ0v) is 20.3. The van der Waals surface area contributed by atoms with E-state index in [9.17, 15) is 9.59 Å². The molecule has 2 heterocycles. The molecule has 0 bridgehead atoms. The lowest BCUT2D eigenvalue weighted by molar-refractivity contribution is -0.113. The molecule has 0 saturated carbocycles. The number of nitrogens with zero attached hydrogens (tertiary/aromatic N) is 1. The zero-order chi connectivity index (χ0) is 24.5. The number of aromatic amines is 1. The number of H-pyrrole nitrogens is 1. The summed E-state index contributed by atoms with van der Waals surface area (Å²) in [7, 11) is 0. The third-order valence-electron chi connectivity index (χ3n) is 5.31. The SMILES string of the molecule is O=c1[nH]c(=O)n([C@@H]2CC(OCOc3ccccc3)[C@H](COCOc3ccccc3)O2)cc1C=CBr. The fraction of sp³-hybridized carbons (Fsp3) is 0.280. The van der Waals surface area contributed by atoms with Crippen molar-refractivity contribution >= 4 is 22.0 Å². The Hall–Kier alpha value is -3.18. The Morgan fingerprint density at radius 1 is 1.00 bits per heavy atom. The smallest absolute Gasteiger partial charge is 0.330 e. The number of para-hydroxylation sites is 2. The van der Waals surface area contributed by atoms with Gasteiger partial charge in [-0.3, -0.25) is 14.3 Å². The summed E-state index contributed by atoms with van der Waals surface area (Å²) in [5.41, 5.74) is -0.743. The molecular formula is C25H25BrN2O7. The van der Waals surface area contributed by atoms with Crippen molar-refractivity contribution in [1.82, 2.24) is 9.55 Å². The molecule has 0 amide bonds. The Balaban J connectivity index is 1.42. The van der Waals surface area contributed by atoms with Crippen LogP contribution in [0.5, 0.6) is 11.5 Å². The molecule has 2 aromatic carbocycles. The third-order valence-corrected chi connectivity index (χ3v) is 5.58. The lowest BCUT2D eigenvalue weighted by Crippen LogP contribution is -2.33. The first-order chi connectivity index (χ1) is 17.1. The number of benzene rings is 2. The van der Waals surface area contributed by atoms with Gasteiger partial charge in [0.05, 0.1) is 18.3 Å². The van der Waals surface area contributed by atoms with Gasteiger partial charge in [0, 0.05) is 12.6 Å². The number of hydrogen-bond donors (Lipinski definition) is 1. The van der Waals surface area contributed by atoms with Crippen molar-refractivity contribution in [2.45, 2.75) is 24.9 Å². The van der Waals surface area contributed by atoms with E-state index in [0.29, 0.717) is 23.5 Å². The number of ether oxygens (including phenoxy) is 5. The summed E-state index contributed by atoms with van der Waals surface area (Å²) in [6, 6.07) is 18.6. The standard InChI is InChI=1S/C25H25BrN2O7/c26-12-11-18-14-28(25(30)27-24(18)29)23-13-21(34-17-33-20-9-5-2-6-10-20)22(35-23)15-31-16-32-19-7-3-1-4-8-19/h1-12,14,21-23H,13,15-17H2,(H,27,29,30)/t21?,22-,23-/m0/s1. The van der Waals surface area contributed by atoms with E-state index in [4.69, 9.17) is 23.7 Å². The minimum atomic E-state index is -0.660. The van der Waals surface area contributed by atoms with Crippen molar-refractivity contribution in [3.05, 3.63) is 98.2 Å². The lowest BCUT2D eigenvalue weighted by Gasteiger charge is -2.19. The van der Waals surface area contributed by atoms with Crippen LogP contribution in [-0.2, 0) is 14.2 Å². The van der Waals surface area contributed by atoms with Crippen LogP contribution in [0.3, 0.4) is 0 Å². The number of aromatic nitrogens is 2. The molecule has 0 spiro atoms. The van der Waals surface area contributed by atoms with Crippen molar-refractivity contribution in [3.63, 3.8) is 0 Å². The summed E-state index contributed by atoms with van der Waals surface area (Å²) in [5, 5.41) is 0. The fourth-order valence-corrected chi connectivity index (χ4v) is 3.88. The van der Waals surface area contributed by atoms with Gasteiger partial charge in [0.1, 0.15) is 23.8 Å². The highest BCUT2D eigenvalue weighted by atomic mass is 79.9. The number of nitrogens with one attached hydrogen (secondary N) is 1. The van der Waals surface area contributed by atoms with Crippen LogP contribution in [0, 0.1) is 0 Å². The molecule has 0 radical (unpaired) electrons. The quantitative estimate of drug-likeness (QED) is 0.290. The first-order valence-electron chi connectivity index (χ1n) is 11.0. The van der Waals surface area contributed by atoms with E-state index < -0.39 is 29.7 Å². The second kappa shape index (κ2) is 12.5. The molecule has 9 nitrogen and oxygen atoms in total. The van der Waals surface area contributed by atoms with E-state index in [2.05, 4.69) is 20.9 Å². The molecule has 1 aromatic heterocycles. The molecule has 1 fully saturated rings. The fourth-order valence-electron chi connectivity index (χ4n) is 3.59. The van der Waals surface area contributed by atoms with E-state index in [1.807, 2.05) is 60.7 Å². The molecule has 4 rings (SSSR count). The van der Waals surface area contributed by atoms with Crippen LogP contribution in [-0.4, -0.2) is 42.0 Å². The predicted molar refractivity (Wildman–Crippen MR) is 133 cm³/mol. The van der Waals surface area contributed by atoms with Crippen LogP contribution in [0.25, 0.3) is 6.08 Å². The van der Waals surface area contributed by atoms with Gasteiger partial charge in [-0.15, -0.1) is 0 Å². The van der Waals surface area contributed by atoms with Gasteiger partial charge >= 0.3 is 5.69 Å². The van der Waals surface area contributed by atoms with Crippen LogP contribution in [0.1, 0.15) is 18.2 Å². The van der Waals surface area contributed by atoms with Crippen LogP contribution in [0.15, 0.2) is 81.4 Å². The Kier molecular flexibility index (Phi) is 8.90. The molecule has 184 valence electrons. The van der Waals surface area contributed by atoms with E-state index in [-0.39, 0.29) is 20.2 Å². The van der Waals surface area contributed by atoms with Crippen molar-refractivity contribution in [3.8, 4) is 11.5 Å². The van der Waals surface area contributed by atoms with Gasteiger partial charge < -0.3 is 23.7 Å². The van der Waals surface area contributed by atoms with E-state index in [1.165, 1.54) is 15.7 Å². The highest BCUT2D eigenvalue weighted by Gasteiger charge is 2.38. The van der Waals surface area contributed by atoms with Crippen LogP contribution < -0.4 is 20.7 Å². The number of hydrogen-bond acceptors (Lipinski definition) is 7. The van der Waals surface area contributed by atoms with Crippen LogP contribution >= 0.6 is 15.9 Å². The van der Waals surface area contributed by atoms with Crippen LogP contribution in [0.2, 0.25) is 0 Å². The lowest BCUT2D eigenvalue weighted by atomic mass is 10.2. The topological polar surface area (TPSA) is 101 Å². The maximum absolute atomic E-state index is 12.5. The van der Waals surface area contributed by atoms with Gasteiger partial charge in [0.25, 0.3) is 5.56 Å². The summed E-state index contributed by atoms with van der Waals surface area (Å²) in [5.74, 6) is 1.36. The molecule has 10 heteroatoms. The minimum absolute atomic E-state index is 0.000127. The average molecular weight is 545 g/mol. The molecule has 35 heavy (non-hydrogen) atoms. The molecule has 3 atom stereocenters. The van der Waals surface area contributed by atoms with Crippen molar-refractivity contribution in [2.75, 3.05) is 20.2 Å². The third kappa shape index (κ3) is 6.92. The molecule has 1 aliphatic heterocycles. The van der Waals surface area contributed by atoms with E-state index in [1.54, 1.807) is 6.08 Å². The van der Waals surface area contributed by atoms with Gasteiger partial charge in [-0.25, -0.2) is 4.79 Å². The largest absolute Gasteiger partial charge is 0.468 e. The Bertz CT molecular complexity index is 1210. The number of rotatable bonds is 11. The summed E-state index contributed by atoms with van der Waals surface area (Å²) >= 11 is 3.15. The summed E-state index contributed by atoms with van der Waals surface area (Å²) in [6.45, 7) is 0.200. The maximum atomic E-state index is 12.5. The van der Waals surface area contributed by atoms with Gasteiger partial charge in [0.15, 0.2) is 13.6 Å². The molecule has 1 aliphatic rings. The van der Waals surface area contributed by atoms with Crippen molar-refractivity contribution in [1.29, 1.82) is 0 Å².